The molecule has 0 bridgehead atoms. The molecule has 0 aliphatic carbocycles. The van der Waals surface area contributed by atoms with Crippen molar-refractivity contribution in [3.05, 3.63) is 53.3 Å². The molecule has 0 aromatic heterocycles. The van der Waals surface area contributed by atoms with Crippen LogP contribution >= 0.6 is 0 Å². The number of allylic oxidation sites excluding steroid dienone is 1. The van der Waals surface area contributed by atoms with E-state index in [0.29, 0.717) is 5.57 Å². The molecule has 1 aromatic rings. The molecule has 1 aromatic carbocycles. The quantitative estimate of drug-likeness (QED) is 0.576. The van der Waals surface area contributed by atoms with Gasteiger partial charge in [0.1, 0.15) is 0 Å². The summed E-state index contributed by atoms with van der Waals surface area (Å²) in [6, 6.07) is 4.76. The molecule has 0 aliphatic heterocycles. The SMILES string of the molecule is C=C=C(C)CC(=O)c1ccccc1C(F)(F)F. The molecule has 0 aliphatic rings. The van der Waals surface area contributed by atoms with Gasteiger partial charge in [-0.25, -0.2) is 0 Å². The van der Waals surface area contributed by atoms with Gasteiger partial charge in [0.15, 0.2) is 5.78 Å². The highest BCUT2D eigenvalue weighted by Crippen LogP contribution is 2.32. The van der Waals surface area contributed by atoms with Crippen molar-refractivity contribution in [1.29, 1.82) is 0 Å². The summed E-state index contributed by atoms with van der Waals surface area (Å²) in [6.07, 6.45) is -4.62. The number of halogens is 3. The van der Waals surface area contributed by atoms with Gasteiger partial charge in [0.05, 0.1) is 5.56 Å². The maximum absolute atomic E-state index is 12.6. The van der Waals surface area contributed by atoms with Crippen LogP contribution in [-0.2, 0) is 6.18 Å². The van der Waals surface area contributed by atoms with Gasteiger partial charge in [0.2, 0.25) is 0 Å². The summed E-state index contributed by atoms with van der Waals surface area (Å²) >= 11 is 0. The molecule has 0 unspecified atom stereocenters. The van der Waals surface area contributed by atoms with Crippen LogP contribution in [0.2, 0.25) is 0 Å². The first-order chi connectivity index (χ1) is 7.86. The number of benzene rings is 1. The van der Waals surface area contributed by atoms with Gasteiger partial charge in [-0.2, -0.15) is 13.2 Å². The fourth-order valence-electron chi connectivity index (χ4n) is 1.37. The molecule has 1 nitrogen and oxygen atoms in total. The second-order valence-electron chi connectivity index (χ2n) is 3.60. The Morgan fingerprint density at radius 2 is 1.94 bits per heavy atom. The summed E-state index contributed by atoms with van der Waals surface area (Å²) in [7, 11) is 0. The van der Waals surface area contributed by atoms with Gasteiger partial charge in [-0.1, -0.05) is 24.8 Å². The zero-order valence-corrected chi connectivity index (χ0v) is 9.27. The predicted molar refractivity (Wildman–Crippen MR) is 58.7 cm³/mol. The Bertz CT molecular complexity index is 480. The zero-order chi connectivity index (χ0) is 13.1. The van der Waals surface area contributed by atoms with Crippen LogP contribution in [0.1, 0.15) is 29.3 Å². The smallest absolute Gasteiger partial charge is 0.294 e. The van der Waals surface area contributed by atoms with Crippen molar-refractivity contribution < 1.29 is 18.0 Å². The number of carbonyl (C=O) groups excluding carboxylic acids is 1. The molecule has 0 spiro atoms. The zero-order valence-electron chi connectivity index (χ0n) is 9.27. The van der Waals surface area contributed by atoms with Gasteiger partial charge in [-0.3, -0.25) is 4.79 Å². The average Bonchev–Trinajstić information content (AvgIpc) is 2.27. The molecule has 0 saturated carbocycles. The third-order valence-electron chi connectivity index (χ3n) is 2.26. The van der Waals surface area contributed by atoms with E-state index in [4.69, 9.17) is 0 Å². The van der Waals surface area contributed by atoms with Crippen LogP contribution in [0.15, 0.2) is 42.1 Å². The first-order valence-electron chi connectivity index (χ1n) is 4.91. The van der Waals surface area contributed by atoms with Crippen LogP contribution < -0.4 is 0 Å². The molecule has 0 radical (unpaired) electrons. The van der Waals surface area contributed by atoms with E-state index in [2.05, 4.69) is 12.3 Å². The van der Waals surface area contributed by atoms with E-state index in [1.54, 1.807) is 6.92 Å². The molecule has 90 valence electrons. The average molecular weight is 240 g/mol. The van der Waals surface area contributed by atoms with Crippen molar-refractivity contribution in [2.75, 3.05) is 0 Å². The Labute approximate surface area is 97.3 Å². The lowest BCUT2D eigenvalue weighted by Gasteiger charge is -2.11. The van der Waals surface area contributed by atoms with E-state index >= 15 is 0 Å². The van der Waals surface area contributed by atoms with E-state index < -0.39 is 17.5 Å². The fourth-order valence-corrected chi connectivity index (χ4v) is 1.37. The Kier molecular flexibility index (Phi) is 3.92. The molecule has 0 N–H and O–H groups in total. The number of Topliss-reactive ketones (excluding diaryl/α,β-unsaturated/α-hetero) is 1. The number of carbonyl (C=O) groups is 1. The summed E-state index contributed by atoms with van der Waals surface area (Å²) in [5, 5.41) is 0. The Hall–Kier alpha value is -1.80. The maximum Gasteiger partial charge on any atom is 0.417 e. The maximum atomic E-state index is 12.6. The largest absolute Gasteiger partial charge is 0.417 e. The topological polar surface area (TPSA) is 17.1 Å². The lowest BCUT2D eigenvalue weighted by Crippen LogP contribution is -2.13. The molecule has 0 atom stereocenters. The number of ketones is 1. The number of rotatable bonds is 3. The lowest BCUT2D eigenvalue weighted by molar-refractivity contribution is -0.137. The monoisotopic (exact) mass is 240 g/mol. The minimum absolute atomic E-state index is 0.101. The summed E-state index contributed by atoms with van der Waals surface area (Å²) in [4.78, 5) is 11.7. The summed E-state index contributed by atoms with van der Waals surface area (Å²) in [5.74, 6) is -0.577. The van der Waals surface area contributed by atoms with Crippen molar-refractivity contribution in [1.82, 2.24) is 0 Å². The van der Waals surface area contributed by atoms with Crippen LogP contribution in [-0.4, -0.2) is 5.78 Å². The molecule has 0 saturated heterocycles. The molecular weight excluding hydrogens is 229 g/mol. The Morgan fingerprint density at radius 3 is 2.47 bits per heavy atom. The molecule has 0 amide bonds. The molecule has 17 heavy (non-hydrogen) atoms. The van der Waals surface area contributed by atoms with Crippen LogP contribution in [0, 0.1) is 0 Å². The van der Waals surface area contributed by atoms with Gasteiger partial charge in [0.25, 0.3) is 0 Å². The second-order valence-corrected chi connectivity index (χ2v) is 3.60. The predicted octanol–water partition coefficient (Wildman–Crippen LogP) is 4.01. The van der Waals surface area contributed by atoms with Crippen molar-refractivity contribution in [2.45, 2.75) is 19.5 Å². The number of alkyl halides is 3. The highest BCUT2D eigenvalue weighted by atomic mass is 19.4. The second kappa shape index (κ2) is 5.02. The molecule has 4 heteroatoms. The van der Waals surface area contributed by atoms with E-state index in [-0.39, 0.29) is 12.0 Å². The van der Waals surface area contributed by atoms with Gasteiger partial charge in [0, 0.05) is 12.0 Å². The van der Waals surface area contributed by atoms with E-state index in [9.17, 15) is 18.0 Å². The van der Waals surface area contributed by atoms with Crippen LogP contribution in [0.5, 0.6) is 0 Å². The van der Waals surface area contributed by atoms with Gasteiger partial charge in [-0.05, 0) is 18.6 Å². The lowest BCUT2D eigenvalue weighted by atomic mass is 9.99. The standard InChI is InChI=1S/C13H11F3O/c1-3-9(2)8-12(17)10-6-4-5-7-11(10)13(14,15)16/h4-7H,1,8H2,2H3. The highest BCUT2D eigenvalue weighted by Gasteiger charge is 2.34. The van der Waals surface area contributed by atoms with E-state index in [1.165, 1.54) is 18.2 Å². The fraction of sp³-hybridized carbons (Fsp3) is 0.231. The van der Waals surface area contributed by atoms with Crippen LogP contribution in [0.25, 0.3) is 0 Å². The molecule has 1 rings (SSSR count). The van der Waals surface area contributed by atoms with Gasteiger partial charge in [-0.15, -0.1) is 5.73 Å². The normalized spacial score (nSPS) is 10.8. The van der Waals surface area contributed by atoms with Crippen LogP contribution in [0.4, 0.5) is 13.2 Å². The third-order valence-corrected chi connectivity index (χ3v) is 2.26. The summed E-state index contributed by atoms with van der Waals surface area (Å²) < 4.78 is 37.9. The van der Waals surface area contributed by atoms with Crippen molar-refractivity contribution in [2.24, 2.45) is 0 Å². The van der Waals surface area contributed by atoms with Gasteiger partial charge < -0.3 is 0 Å². The van der Waals surface area contributed by atoms with Gasteiger partial charge >= 0.3 is 6.18 Å². The van der Waals surface area contributed by atoms with Crippen molar-refractivity contribution in [3.8, 4) is 0 Å². The molecule has 0 fully saturated rings. The molecular formula is C13H11F3O. The Balaban J connectivity index is 3.14. The first kappa shape index (κ1) is 13.3. The van der Waals surface area contributed by atoms with Crippen molar-refractivity contribution in [3.63, 3.8) is 0 Å². The Morgan fingerprint density at radius 1 is 1.35 bits per heavy atom. The summed E-state index contributed by atoms with van der Waals surface area (Å²) in [5.41, 5.74) is 1.80. The van der Waals surface area contributed by atoms with E-state index in [0.717, 1.165) is 6.07 Å². The van der Waals surface area contributed by atoms with E-state index in [1.807, 2.05) is 0 Å². The number of hydrogen-bond acceptors (Lipinski definition) is 1. The number of hydrogen-bond donors (Lipinski definition) is 0. The van der Waals surface area contributed by atoms with Crippen molar-refractivity contribution >= 4 is 5.78 Å². The third kappa shape index (κ3) is 3.33. The summed E-state index contributed by atoms with van der Waals surface area (Å²) in [6.45, 7) is 4.94. The first-order valence-corrected chi connectivity index (χ1v) is 4.91. The van der Waals surface area contributed by atoms with Crippen LogP contribution in [0.3, 0.4) is 0 Å². The highest BCUT2D eigenvalue weighted by molar-refractivity contribution is 5.98. The molecule has 0 heterocycles. The minimum Gasteiger partial charge on any atom is -0.294 e. The minimum atomic E-state index is -4.52.